The molecule has 0 spiro atoms. The Labute approximate surface area is 530 Å². The highest BCUT2D eigenvalue weighted by Gasteiger charge is 2.38. The lowest BCUT2D eigenvalue weighted by atomic mass is 9.99. The van der Waals surface area contributed by atoms with Gasteiger partial charge in [-0.3, -0.25) is 59.1 Å². The molecule has 1 aliphatic rings. The topological polar surface area (TPSA) is 381 Å². The van der Waals surface area contributed by atoms with Gasteiger partial charge in [0.25, 0.3) is 11.8 Å². The van der Waals surface area contributed by atoms with Crippen molar-refractivity contribution in [1.29, 1.82) is 0 Å². The zero-order valence-corrected chi connectivity index (χ0v) is 52.0. The van der Waals surface area contributed by atoms with Crippen molar-refractivity contribution >= 4 is 74.2 Å². The first kappa shape index (κ1) is 76.6. The highest BCUT2D eigenvalue weighted by atomic mass is 32.2. The average molecular weight is 1330 g/mol. The van der Waals surface area contributed by atoms with Crippen LogP contribution in [0.4, 0.5) is 26.3 Å². The minimum atomic E-state index is -5.13. The van der Waals surface area contributed by atoms with E-state index in [0.29, 0.717) is 27.8 Å². The lowest BCUT2D eigenvalue weighted by molar-refractivity contribution is -0.144. The summed E-state index contributed by atoms with van der Waals surface area (Å²) in [5, 5.41) is 70.0. The second kappa shape index (κ2) is 34.2. The SMILES string of the molecule is CC(C)C[C@H](N[C@@H](CCNC(=O)c1cc(C(F)(F)F)cc(C(F)(F)F)c1)C(=O)O)C(=O)O.CC(C)C[C@H](N[C@@H](CCNC(=O)c1cccc2c1-c1ccccc1C2=O)C(=O)O)C(=O)O.CC(C)C[C@H](N[C@@H](CCNS(=O)(=O)c1ccc2ccccc2c1)C(=O)O)C(=O)O. The smallest absolute Gasteiger partial charge is 0.416 e. The number of carbonyl (C=O) groups is 9. The van der Waals surface area contributed by atoms with Gasteiger partial charge in [-0.05, 0) is 109 Å². The fourth-order valence-corrected chi connectivity index (χ4v) is 10.7. The number of halogens is 6. The predicted molar refractivity (Wildman–Crippen MR) is 326 cm³/mol. The summed E-state index contributed by atoms with van der Waals surface area (Å²) in [6.45, 7) is 10.3. The highest BCUT2D eigenvalue weighted by molar-refractivity contribution is 7.89. The molecule has 6 rings (SSSR count). The maximum Gasteiger partial charge on any atom is 0.416 e. The van der Waals surface area contributed by atoms with Gasteiger partial charge >= 0.3 is 48.2 Å². The van der Waals surface area contributed by atoms with Crippen LogP contribution in [-0.4, -0.2) is 148 Å². The summed E-state index contributed by atoms with van der Waals surface area (Å²) < 4.78 is 105. The Bertz CT molecular complexity index is 3590. The number of rotatable bonds is 31. The van der Waals surface area contributed by atoms with Gasteiger partial charge in [0.1, 0.15) is 36.3 Å². The molecule has 93 heavy (non-hydrogen) atoms. The molecule has 1 aliphatic carbocycles. The molecule has 23 nitrogen and oxygen atoms in total. The van der Waals surface area contributed by atoms with E-state index in [1.807, 2.05) is 45.9 Å². The fourth-order valence-electron chi connectivity index (χ4n) is 9.66. The van der Waals surface area contributed by atoms with Crippen molar-refractivity contribution in [3.63, 3.8) is 0 Å². The van der Waals surface area contributed by atoms with E-state index in [1.165, 1.54) is 6.07 Å². The molecule has 2 amide bonds. The van der Waals surface area contributed by atoms with Crippen LogP contribution in [0.15, 0.2) is 108 Å². The molecule has 12 N–H and O–H groups in total. The number of ketones is 1. The van der Waals surface area contributed by atoms with Crippen molar-refractivity contribution in [2.75, 3.05) is 19.6 Å². The first-order valence-electron chi connectivity index (χ1n) is 29.1. The molecule has 0 saturated carbocycles. The molecular weight excluding hydrogens is 1260 g/mol. The Morgan fingerprint density at radius 3 is 1.25 bits per heavy atom. The number of nitrogens with one attached hydrogen (secondary N) is 6. The van der Waals surface area contributed by atoms with Crippen molar-refractivity contribution in [1.82, 2.24) is 31.3 Å². The van der Waals surface area contributed by atoms with Crippen LogP contribution in [0.25, 0.3) is 21.9 Å². The van der Waals surface area contributed by atoms with E-state index in [-0.39, 0.29) is 98.2 Å². The van der Waals surface area contributed by atoms with E-state index in [1.54, 1.807) is 74.5 Å². The summed E-state index contributed by atoms with van der Waals surface area (Å²) in [6.07, 6.45) is -10.0. The molecule has 6 atom stereocenters. The minimum Gasteiger partial charge on any atom is -0.480 e. The van der Waals surface area contributed by atoms with E-state index in [9.17, 15) is 109 Å². The van der Waals surface area contributed by atoms with Crippen LogP contribution in [0.2, 0.25) is 0 Å². The first-order valence-corrected chi connectivity index (χ1v) is 30.6. The van der Waals surface area contributed by atoms with Gasteiger partial charge in [-0.25, -0.2) is 13.1 Å². The maximum absolute atomic E-state index is 12.9. The number of sulfonamides is 1. The van der Waals surface area contributed by atoms with Gasteiger partial charge in [-0.2, -0.15) is 26.3 Å². The van der Waals surface area contributed by atoms with E-state index in [4.69, 9.17) is 0 Å². The van der Waals surface area contributed by atoms with E-state index in [0.717, 1.165) is 10.8 Å². The predicted octanol–water partition coefficient (Wildman–Crippen LogP) is 8.00. The number of hydrogen-bond acceptors (Lipinski definition) is 14. The van der Waals surface area contributed by atoms with Crippen LogP contribution in [0, 0.1) is 17.8 Å². The van der Waals surface area contributed by atoms with E-state index < -0.39 is 129 Å². The zero-order chi connectivity index (χ0) is 69.9. The number of hydrogen-bond donors (Lipinski definition) is 12. The molecular formula is C63H74F6N6O17S. The molecule has 30 heteroatoms. The number of carbonyl (C=O) groups excluding carboxylic acids is 3. The third kappa shape index (κ3) is 23.4. The number of amides is 2. The molecule has 0 saturated heterocycles. The summed E-state index contributed by atoms with van der Waals surface area (Å²) in [6, 6.07) is 17.5. The van der Waals surface area contributed by atoms with E-state index >= 15 is 0 Å². The molecule has 0 fully saturated rings. The van der Waals surface area contributed by atoms with Crippen LogP contribution in [0.3, 0.4) is 0 Å². The summed E-state index contributed by atoms with van der Waals surface area (Å²) >= 11 is 0. The number of fused-ring (bicyclic) bond motifs is 4. The van der Waals surface area contributed by atoms with Crippen LogP contribution in [-0.2, 0) is 51.1 Å². The molecule has 506 valence electrons. The van der Waals surface area contributed by atoms with Crippen molar-refractivity contribution in [2.45, 2.75) is 134 Å². The average Bonchev–Trinajstić information content (AvgIpc) is 1.62. The van der Waals surface area contributed by atoms with Gasteiger partial charge in [0, 0.05) is 47.5 Å². The second-order valence-corrected chi connectivity index (χ2v) is 24.7. The lowest BCUT2D eigenvalue weighted by Crippen LogP contribution is -2.49. The molecule has 0 radical (unpaired) electrons. The van der Waals surface area contributed by atoms with Crippen LogP contribution in [0.1, 0.15) is 128 Å². The summed E-state index contributed by atoms with van der Waals surface area (Å²) in [7, 11) is -3.82. The van der Waals surface area contributed by atoms with Crippen LogP contribution in [0.5, 0.6) is 0 Å². The third-order valence-corrected chi connectivity index (χ3v) is 15.6. The van der Waals surface area contributed by atoms with E-state index in [2.05, 4.69) is 31.3 Å². The van der Waals surface area contributed by atoms with Gasteiger partial charge in [-0.1, -0.05) is 108 Å². The molecule has 0 unspecified atom stereocenters. The molecule has 0 bridgehead atoms. The molecule has 0 aromatic heterocycles. The largest absolute Gasteiger partial charge is 0.480 e. The number of benzene rings is 5. The molecule has 0 aliphatic heterocycles. The van der Waals surface area contributed by atoms with Crippen molar-refractivity contribution in [3.05, 3.63) is 137 Å². The number of carboxylic acid groups (broad SMARTS) is 6. The van der Waals surface area contributed by atoms with Gasteiger partial charge in [0.05, 0.1) is 16.0 Å². The normalized spacial score (nSPS) is 14.0. The molecule has 5 aromatic carbocycles. The summed E-state index contributed by atoms with van der Waals surface area (Å²) in [4.78, 5) is 106. The Morgan fingerprint density at radius 1 is 0.441 bits per heavy atom. The van der Waals surface area contributed by atoms with Gasteiger partial charge in [-0.15, -0.1) is 0 Å². The van der Waals surface area contributed by atoms with Gasteiger partial charge < -0.3 is 41.3 Å². The third-order valence-electron chi connectivity index (χ3n) is 14.2. The molecule has 5 aromatic rings. The Balaban J connectivity index is 0.000000298. The fraction of sp³-hybridized carbons (Fsp3) is 0.413. The van der Waals surface area contributed by atoms with Crippen molar-refractivity contribution < 1.29 is 109 Å². The monoisotopic (exact) mass is 1330 g/mol. The summed E-state index contributed by atoms with van der Waals surface area (Å²) in [5.74, 6) is -9.18. The van der Waals surface area contributed by atoms with Crippen molar-refractivity contribution in [2.24, 2.45) is 17.8 Å². The summed E-state index contributed by atoms with van der Waals surface area (Å²) in [5.41, 5.74) is -1.63. The van der Waals surface area contributed by atoms with Gasteiger partial charge in [0.15, 0.2) is 5.78 Å². The van der Waals surface area contributed by atoms with Crippen molar-refractivity contribution in [3.8, 4) is 11.1 Å². The Kier molecular flexibility index (Phi) is 28.2. The highest BCUT2D eigenvalue weighted by Crippen LogP contribution is 2.39. The lowest BCUT2D eigenvalue weighted by Gasteiger charge is -2.22. The Hall–Kier alpha value is -8.84. The number of carboxylic acids is 6. The quantitative estimate of drug-likeness (QED) is 0.0183. The van der Waals surface area contributed by atoms with Crippen LogP contribution < -0.4 is 31.3 Å². The molecule has 0 heterocycles. The first-order chi connectivity index (χ1) is 43.3. The number of alkyl halides is 6. The van der Waals surface area contributed by atoms with Gasteiger partial charge in [0.2, 0.25) is 10.0 Å². The minimum absolute atomic E-state index is 0.00743. The maximum atomic E-state index is 12.9. The number of aliphatic carboxylic acids is 6. The second-order valence-electron chi connectivity index (χ2n) is 22.9. The standard InChI is InChI=1S/C24H26N2O6.C20H26N2O6S.C19H22F6N2O5/c1-13(2)12-19(24(31)32)26-18(23(29)30)10-11-25-22(28)17-9-5-8-16-20(17)14-6-3-4-7-15(14)21(16)27;1-13(2)11-18(20(25)26)22-17(19(23)24)9-10-21-29(27,28)16-8-7-14-5-3-4-6-15(14)12-16;1-9(2)5-14(17(31)32)27-13(16(29)30)3-4-26-15(28)10-6-11(18(20,21)22)8-12(7-10)19(23,24)25/h3-9,13,18-19,26H,10-12H2,1-2H3,(H,25,28)(H,29,30)(H,31,32);3-8,12-13,17-18,21-22H,9-11H2,1-2H3,(H,23,24)(H,25,26);6-9,13-14,27H,3-5H2,1-2H3,(H,26,28)(H,29,30)(H,31,32)/t18-,19-;17-,18-;13-,14-/m000/s1. The Morgan fingerprint density at radius 2 is 0.828 bits per heavy atom. The zero-order valence-electron chi connectivity index (χ0n) is 51.2. The van der Waals surface area contributed by atoms with Crippen LogP contribution >= 0.6 is 0 Å².